The summed E-state index contributed by atoms with van der Waals surface area (Å²) in [5.41, 5.74) is -0.113. The van der Waals surface area contributed by atoms with E-state index in [1.165, 1.54) is 38.5 Å². The highest BCUT2D eigenvalue weighted by Crippen LogP contribution is 2.35. The summed E-state index contributed by atoms with van der Waals surface area (Å²) in [4.78, 5) is 14.5. The highest BCUT2D eigenvalue weighted by molar-refractivity contribution is 5.78. The molecule has 1 atom stereocenters. The largest absolute Gasteiger partial charge is 0.363 e. The third-order valence-corrected chi connectivity index (χ3v) is 5.11. The maximum absolute atomic E-state index is 12.4. The van der Waals surface area contributed by atoms with E-state index in [1.54, 1.807) is 0 Å². The third kappa shape index (κ3) is 2.79. The van der Waals surface area contributed by atoms with Crippen LogP contribution in [0, 0.1) is 5.92 Å². The first-order valence-corrected chi connectivity index (χ1v) is 7.82. The molecule has 108 valence electrons. The van der Waals surface area contributed by atoms with Gasteiger partial charge in [-0.15, -0.1) is 0 Å². The Hall–Kier alpha value is -0.610. The van der Waals surface area contributed by atoms with Crippen LogP contribution in [-0.4, -0.2) is 48.7 Å². The lowest BCUT2D eigenvalue weighted by Gasteiger charge is -2.39. The van der Waals surface area contributed by atoms with Crippen LogP contribution in [0.15, 0.2) is 0 Å². The molecule has 2 heterocycles. The van der Waals surface area contributed by atoms with E-state index in [9.17, 15) is 4.79 Å². The van der Waals surface area contributed by atoms with Crippen molar-refractivity contribution in [2.75, 3.05) is 26.2 Å². The highest BCUT2D eigenvalue weighted by Gasteiger charge is 2.38. The molecule has 1 amide bonds. The topological polar surface area (TPSA) is 41.6 Å². The molecule has 3 fully saturated rings. The van der Waals surface area contributed by atoms with E-state index in [2.05, 4.69) is 17.1 Å². The van der Waals surface area contributed by atoms with E-state index in [-0.39, 0.29) is 18.1 Å². The normalized spacial score (nSPS) is 30.6. The summed E-state index contributed by atoms with van der Waals surface area (Å²) in [7, 11) is 0. The molecule has 1 unspecified atom stereocenters. The van der Waals surface area contributed by atoms with Crippen LogP contribution in [0.2, 0.25) is 0 Å². The molecule has 1 N–H and O–H groups in total. The summed E-state index contributed by atoms with van der Waals surface area (Å²) >= 11 is 0. The van der Waals surface area contributed by atoms with Gasteiger partial charge in [-0.1, -0.05) is 12.8 Å². The number of carbonyl (C=O) groups excluding carboxylic acids is 1. The van der Waals surface area contributed by atoms with Crippen LogP contribution in [0.3, 0.4) is 0 Å². The summed E-state index contributed by atoms with van der Waals surface area (Å²) < 4.78 is 5.80. The molecule has 3 aliphatic rings. The Bertz CT molecular complexity index is 335. The number of nitrogens with zero attached hydrogens (tertiary/aromatic N) is 1. The molecule has 0 radical (unpaired) electrons. The van der Waals surface area contributed by atoms with E-state index >= 15 is 0 Å². The molecule has 0 bridgehead atoms. The average molecular weight is 266 g/mol. The van der Waals surface area contributed by atoms with Crippen molar-refractivity contribution in [3.8, 4) is 0 Å². The second-order valence-corrected chi connectivity index (χ2v) is 6.68. The number of hydrogen-bond acceptors (Lipinski definition) is 3. The van der Waals surface area contributed by atoms with E-state index in [0.29, 0.717) is 6.04 Å². The van der Waals surface area contributed by atoms with Crippen molar-refractivity contribution in [2.45, 2.75) is 57.1 Å². The molecule has 4 heteroatoms. The quantitative estimate of drug-likeness (QED) is 0.839. The highest BCUT2D eigenvalue weighted by atomic mass is 16.5. The summed E-state index contributed by atoms with van der Waals surface area (Å²) in [6, 6.07) is 0.505. The Morgan fingerprint density at radius 2 is 2.00 bits per heavy atom. The van der Waals surface area contributed by atoms with Crippen molar-refractivity contribution in [1.29, 1.82) is 0 Å². The van der Waals surface area contributed by atoms with Gasteiger partial charge in [0, 0.05) is 25.7 Å². The number of nitrogens with one attached hydrogen (secondary N) is 1. The Morgan fingerprint density at radius 1 is 1.26 bits per heavy atom. The van der Waals surface area contributed by atoms with Crippen LogP contribution in [0.5, 0.6) is 0 Å². The number of likely N-dealkylation sites (tertiary alicyclic amines) is 1. The van der Waals surface area contributed by atoms with E-state index < -0.39 is 0 Å². The standard InChI is InChI=1S/C15H26N2O2/c1-15(10-16-11-15)19-9-14(18)17-8-4-7-13(17)12-5-2-3-6-12/h12-13,16H,2-11H2,1H3. The van der Waals surface area contributed by atoms with Crippen molar-refractivity contribution in [3.63, 3.8) is 0 Å². The van der Waals surface area contributed by atoms with Crippen LogP contribution in [0.1, 0.15) is 45.4 Å². The first-order valence-electron chi connectivity index (χ1n) is 7.82. The number of amides is 1. The zero-order chi connectivity index (χ0) is 13.3. The maximum atomic E-state index is 12.4. The van der Waals surface area contributed by atoms with Crippen molar-refractivity contribution in [3.05, 3.63) is 0 Å². The van der Waals surface area contributed by atoms with Crippen molar-refractivity contribution in [1.82, 2.24) is 10.2 Å². The Morgan fingerprint density at radius 3 is 2.63 bits per heavy atom. The number of carbonyl (C=O) groups is 1. The van der Waals surface area contributed by atoms with Crippen LogP contribution in [0.25, 0.3) is 0 Å². The smallest absolute Gasteiger partial charge is 0.248 e. The van der Waals surface area contributed by atoms with Gasteiger partial charge in [-0.25, -0.2) is 0 Å². The second kappa shape index (κ2) is 5.41. The Kier molecular flexibility index (Phi) is 3.81. The zero-order valence-electron chi connectivity index (χ0n) is 12.0. The van der Waals surface area contributed by atoms with Crippen molar-refractivity contribution >= 4 is 5.91 Å². The molecule has 2 aliphatic heterocycles. The van der Waals surface area contributed by atoms with Gasteiger partial charge in [0.05, 0.1) is 5.60 Å². The predicted molar refractivity (Wildman–Crippen MR) is 73.9 cm³/mol. The van der Waals surface area contributed by atoms with Crippen LogP contribution in [-0.2, 0) is 9.53 Å². The minimum Gasteiger partial charge on any atom is -0.363 e. The predicted octanol–water partition coefficient (Wildman–Crippen LogP) is 1.55. The molecule has 0 aromatic carbocycles. The first-order chi connectivity index (χ1) is 9.18. The number of hydrogen-bond donors (Lipinski definition) is 1. The summed E-state index contributed by atoms with van der Waals surface area (Å²) in [5, 5.41) is 3.20. The van der Waals surface area contributed by atoms with Gasteiger partial charge in [0.25, 0.3) is 0 Å². The fourth-order valence-electron chi connectivity index (χ4n) is 3.83. The zero-order valence-corrected chi connectivity index (χ0v) is 12.0. The van der Waals surface area contributed by atoms with Gasteiger partial charge in [0.1, 0.15) is 6.61 Å². The van der Waals surface area contributed by atoms with Gasteiger partial charge in [-0.05, 0) is 38.5 Å². The molecule has 0 aromatic heterocycles. The number of ether oxygens (including phenoxy) is 1. The molecule has 0 aromatic rings. The molecule has 0 spiro atoms. The lowest BCUT2D eigenvalue weighted by molar-refractivity contribution is -0.147. The fourth-order valence-corrected chi connectivity index (χ4v) is 3.83. The van der Waals surface area contributed by atoms with E-state index in [1.807, 2.05) is 0 Å². The second-order valence-electron chi connectivity index (χ2n) is 6.68. The minimum absolute atomic E-state index is 0.113. The van der Waals surface area contributed by atoms with Crippen molar-refractivity contribution in [2.24, 2.45) is 5.92 Å². The molecule has 19 heavy (non-hydrogen) atoms. The molecule has 4 nitrogen and oxygen atoms in total. The van der Waals surface area contributed by atoms with Crippen LogP contribution >= 0.6 is 0 Å². The molecular formula is C15H26N2O2. The summed E-state index contributed by atoms with van der Waals surface area (Å²) in [6.07, 6.45) is 7.71. The number of rotatable bonds is 4. The molecule has 3 rings (SSSR count). The SMILES string of the molecule is CC1(OCC(=O)N2CCCC2C2CCCC2)CNC1. The Balaban J connectivity index is 1.52. The molecule has 1 saturated carbocycles. The van der Waals surface area contributed by atoms with Gasteiger partial charge in [0.15, 0.2) is 0 Å². The van der Waals surface area contributed by atoms with Crippen LogP contribution in [0.4, 0.5) is 0 Å². The lowest BCUT2D eigenvalue weighted by Crippen LogP contribution is -2.60. The van der Waals surface area contributed by atoms with E-state index in [4.69, 9.17) is 4.74 Å². The monoisotopic (exact) mass is 266 g/mol. The van der Waals surface area contributed by atoms with Gasteiger partial charge in [-0.2, -0.15) is 0 Å². The van der Waals surface area contributed by atoms with Gasteiger partial charge in [0.2, 0.25) is 5.91 Å². The van der Waals surface area contributed by atoms with Crippen LogP contribution < -0.4 is 5.32 Å². The maximum Gasteiger partial charge on any atom is 0.248 e. The van der Waals surface area contributed by atoms with Gasteiger partial charge < -0.3 is 15.0 Å². The first kappa shape index (κ1) is 13.4. The summed E-state index contributed by atoms with van der Waals surface area (Å²) in [5.74, 6) is 0.968. The van der Waals surface area contributed by atoms with E-state index in [0.717, 1.165) is 25.6 Å². The van der Waals surface area contributed by atoms with Gasteiger partial charge in [-0.3, -0.25) is 4.79 Å². The third-order valence-electron chi connectivity index (χ3n) is 5.11. The fraction of sp³-hybridized carbons (Fsp3) is 0.933. The average Bonchev–Trinajstić information content (AvgIpc) is 3.02. The molecule has 2 saturated heterocycles. The minimum atomic E-state index is -0.113. The van der Waals surface area contributed by atoms with Gasteiger partial charge >= 0.3 is 0 Å². The lowest BCUT2D eigenvalue weighted by atomic mass is 9.96. The summed E-state index contributed by atoms with van der Waals surface area (Å²) in [6.45, 7) is 5.02. The molecule has 1 aliphatic carbocycles. The van der Waals surface area contributed by atoms with Crippen molar-refractivity contribution < 1.29 is 9.53 Å². The Labute approximate surface area is 115 Å². The molecular weight excluding hydrogens is 240 g/mol.